The third-order valence-electron chi connectivity index (χ3n) is 3.80. The van der Waals surface area contributed by atoms with Crippen LogP contribution in [0.3, 0.4) is 0 Å². The lowest BCUT2D eigenvalue weighted by Gasteiger charge is -2.26. The van der Waals surface area contributed by atoms with Crippen LogP contribution >= 0.6 is 11.3 Å². The lowest BCUT2D eigenvalue weighted by Crippen LogP contribution is -2.36. The van der Waals surface area contributed by atoms with Crippen molar-refractivity contribution in [1.29, 1.82) is 10.5 Å². The molecule has 0 bridgehead atoms. The van der Waals surface area contributed by atoms with E-state index in [0.717, 1.165) is 40.1 Å². The van der Waals surface area contributed by atoms with Gasteiger partial charge in [0.2, 0.25) is 0 Å². The van der Waals surface area contributed by atoms with Gasteiger partial charge in [-0.05, 0) is 30.3 Å². The molecular weight excluding hydrogens is 336 g/mol. The molecule has 126 valence electrons. The van der Waals surface area contributed by atoms with E-state index in [4.69, 9.17) is 25.0 Å². The normalized spacial score (nSPS) is 13.6. The summed E-state index contributed by atoms with van der Waals surface area (Å²) in [6.07, 6.45) is 1.60. The number of morpholine rings is 1. The predicted octanol–water partition coefficient (Wildman–Crippen LogP) is 3.09. The second-order valence-electron chi connectivity index (χ2n) is 5.32. The molecule has 0 spiro atoms. The summed E-state index contributed by atoms with van der Waals surface area (Å²) in [6, 6.07) is 11.4. The molecule has 0 aliphatic carbocycles. The molecule has 1 aromatic heterocycles. The van der Waals surface area contributed by atoms with Crippen molar-refractivity contribution in [3.8, 4) is 29.1 Å². The number of methoxy groups -OCH3 is 1. The van der Waals surface area contributed by atoms with Gasteiger partial charge in [0.15, 0.2) is 5.13 Å². The minimum Gasteiger partial charge on any atom is -0.497 e. The van der Waals surface area contributed by atoms with Gasteiger partial charge in [0.1, 0.15) is 23.5 Å². The fourth-order valence-electron chi connectivity index (χ4n) is 2.48. The Morgan fingerprint density at radius 1 is 1.24 bits per heavy atom. The van der Waals surface area contributed by atoms with Crippen molar-refractivity contribution in [1.82, 2.24) is 4.98 Å². The molecule has 3 rings (SSSR count). The molecule has 0 unspecified atom stereocenters. The van der Waals surface area contributed by atoms with Crippen LogP contribution < -0.4 is 9.64 Å². The number of benzene rings is 1. The molecule has 2 heterocycles. The Hall–Kier alpha value is -2.87. The Kier molecular flexibility index (Phi) is 5.30. The SMILES string of the molecule is COc1ccc(-c2nc(N3CCOCC3)sc2C=C(C#N)C#N)cc1. The number of nitrogens with zero attached hydrogens (tertiary/aromatic N) is 4. The van der Waals surface area contributed by atoms with E-state index in [2.05, 4.69) is 4.90 Å². The first-order valence-corrected chi connectivity index (χ1v) is 8.56. The monoisotopic (exact) mass is 352 g/mol. The average molecular weight is 352 g/mol. The first-order chi connectivity index (χ1) is 12.2. The van der Waals surface area contributed by atoms with E-state index in [0.29, 0.717) is 13.2 Å². The van der Waals surface area contributed by atoms with Gasteiger partial charge < -0.3 is 14.4 Å². The second kappa shape index (κ2) is 7.80. The van der Waals surface area contributed by atoms with Gasteiger partial charge in [-0.3, -0.25) is 0 Å². The third kappa shape index (κ3) is 3.80. The maximum Gasteiger partial charge on any atom is 0.186 e. The highest BCUT2D eigenvalue weighted by Gasteiger charge is 2.19. The van der Waals surface area contributed by atoms with E-state index in [1.165, 1.54) is 11.3 Å². The van der Waals surface area contributed by atoms with Gasteiger partial charge in [-0.2, -0.15) is 10.5 Å². The van der Waals surface area contributed by atoms with Crippen molar-refractivity contribution in [2.75, 3.05) is 38.3 Å². The molecule has 1 aromatic carbocycles. The molecule has 6 nitrogen and oxygen atoms in total. The highest BCUT2D eigenvalue weighted by atomic mass is 32.1. The molecule has 1 aliphatic heterocycles. The highest BCUT2D eigenvalue weighted by Crippen LogP contribution is 2.35. The van der Waals surface area contributed by atoms with Crippen molar-refractivity contribution in [2.45, 2.75) is 0 Å². The summed E-state index contributed by atoms with van der Waals surface area (Å²) in [5.74, 6) is 0.763. The number of anilines is 1. The van der Waals surface area contributed by atoms with Crippen molar-refractivity contribution < 1.29 is 9.47 Å². The van der Waals surface area contributed by atoms with E-state index in [9.17, 15) is 0 Å². The summed E-state index contributed by atoms with van der Waals surface area (Å²) >= 11 is 1.48. The first kappa shape index (κ1) is 17.0. The summed E-state index contributed by atoms with van der Waals surface area (Å²) in [4.78, 5) is 7.73. The molecule has 1 fully saturated rings. The lowest BCUT2D eigenvalue weighted by atomic mass is 10.1. The minimum absolute atomic E-state index is 0.0620. The third-order valence-corrected chi connectivity index (χ3v) is 4.87. The Labute approximate surface area is 150 Å². The number of allylic oxidation sites excluding steroid dienone is 1. The molecule has 0 N–H and O–H groups in total. The molecule has 2 aromatic rings. The molecule has 0 amide bonds. The quantitative estimate of drug-likeness (QED) is 0.787. The van der Waals surface area contributed by atoms with Crippen LogP contribution in [0.5, 0.6) is 5.75 Å². The van der Waals surface area contributed by atoms with Crippen LogP contribution in [0.4, 0.5) is 5.13 Å². The zero-order valence-electron chi connectivity index (χ0n) is 13.7. The van der Waals surface area contributed by atoms with Crippen LogP contribution in [0.15, 0.2) is 29.8 Å². The standard InChI is InChI=1S/C18H16N4O2S/c1-23-15-4-2-14(3-5-15)17-16(10-13(11-19)12-20)25-18(21-17)22-6-8-24-9-7-22/h2-5,10H,6-9H2,1H3. The van der Waals surface area contributed by atoms with Gasteiger partial charge in [-0.1, -0.05) is 11.3 Å². The number of hydrogen-bond acceptors (Lipinski definition) is 7. The predicted molar refractivity (Wildman–Crippen MR) is 96.3 cm³/mol. The van der Waals surface area contributed by atoms with Crippen LogP contribution in [0.25, 0.3) is 17.3 Å². The van der Waals surface area contributed by atoms with Crippen LogP contribution in [-0.4, -0.2) is 38.4 Å². The average Bonchev–Trinajstić information content (AvgIpc) is 3.10. The van der Waals surface area contributed by atoms with E-state index in [1.807, 2.05) is 36.4 Å². The number of thiazole rings is 1. The van der Waals surface area contributed by atoms with Crippen molar-refractivity contribution in [3.63, 3.8) is 0 Å². The number of aromatic nitrogens is 1. The number of nitriles is 2. The van der Waals surface area contributed by atoms with Gasteiger partial charge in [0, 0.05) is 18.7 Å². The second-order valence-corrected chi connectivity index (χ2v) is 6.33. The maximum atomic E-state index is 9.07. The topological polar surface area (TPSA) is 82.2 Å². The van der Waals surface area contributed by atoms with Crippen LogP contribution in [0.2, 0.25) is 0 Å². The minimum atomic E-state index is 0.0620. The van der Waals surface area contributed by atoms with Crippen LogP contribution in [-0.2, 0) is 4.74 Å². The largest absolute Gasteiger partial charge is 0.497 e. The Balaban J connectivity index is 2.04. The highest BCUT2D eigenvalue weighted by molar-refractivity contribution is 7.17. The van der Waals surface area contributed by atoms with Gasteiger partial charge >= 0.3 is 0 Å². The molecule has 0 atom stereocenters. The maximum absolute atomic E-state index is 9.07. The first-order valence-electron chi connectivity index (χ1n) is 7.75. The zero-order valence-corrected chi connectivity index (χ0v) is 14.5. The fourth-order valence-corrected chi connectivity index (χ4v) is 3.57. The molecule has 0 saturated carbocycles. The van der Waals surface area contributed by atoms with E-state index in [-0.39, 0.29) is 5.57 Å². The number of ether oxygens (including phenoxy) is 2. The molecule has 25 heavy (non-hydrogen) atoms. The summed E-state index contributed by atoms with van der Waals surface area (Å²) in [7, 11) is 1.62. The summed E-state index contributed by atoms with van der Waals surface area (Å²) in [6.45, 7) is 2.90. The van der Waals surface area contributed by atoms with Crippen molar-refractivity contribution >= 4 is 22.5 Å². The van der Waals surface area contributed by atoms with Gasteiger partial charge in [-0.15, -0.1) is 0 Å². The number of hydrogen-bond donors (Lipinski definition) is 0. The smallest absolute Gasteiger partial charge is 0.186 e. The molecule has 1 aliphatic rings. The number of rotatable bonds is 4. The molecular formula is C18H16N4O2S. The van der Waals surface area contributed by atoms with Gasteiger partial charge in [-0.25, -0.2) is 4.98 Å². The molecule has 0 radical (unpaired) electrons. The molecule has 7 heteroatoms. The van der Waals surface area contributed by atoms with Crippen molar-refractivity contribution in [2.24, 2.45) is 0 Å². The van der Waals surface area contributed by atoms with E-state index in [1.54, 1.807) is 13.2 Å². The Morgan fingerprint density at radius 2 is 1.92 bits per heavy atom. The van der Waals surface area contributed by atoms with Gasteiger partial charge in [0.05, 0.1) is 30.9 Å². The lowest BCUT2D eigenvalue weighted by molar-refractivity contribution is 0.122. The fraction of sp³-hybridized carbons (Fsp3) is 0.278. The van der Waals surface area contributed by atoms with Crippen LogP contribution in [0, 0.1) is 22.7 Å². The van der Waals surface area contributed by atoms with Crippen LogP contribution in [0.1, 0.15) is 4.88 Å². The summed E-state index contributed by atoms with van der Waals surface area (Å²) in [5, 5.41) is 19.0. The Bertz CT molecular complexity index is 837. The van der Waals surface area contributed by atoms with Crippen molar-refractivity contribution in [3.05, 3.63) is 34.7 Å². The van der Waals surface area contributed by atoms with E-state index >= 15 is 0 Å². The Morgan fingerprint density at radius 3 is 2.52 bits per heavy atom. The van der Waals surface area contributed by atoms with E-state index < -0.39 is 0 Å². The van der Waals surface area contributed by atoms with Gasteiger partial charge in [0.25, 0.3) is 0 Å². The zero-order chi connectivity index (χ0) is 17.6. The summed E-state index contributed by atoms with van der Waals surface area (Å²) < 4.78 is 10.6. The summed E-state index contributed by atoms with van der Waals surface area (Å²) in [5.41, 5.74) is 1.74. The molecule has 1 saturated heterocycles.